The fraction of sp³-hybridized carbons (Fsp3) is 0.759. The van der Waals surface area contributed by atoms with E-state index in [0.29, 0.717) is 36.9 Å². The summed E-state index contributed by atoms with van der Waals surface area (Å²) in [6, 6.07) is 4.55. The zero-order valence-electron chi connectivity index (χ0n) is 23.7. The van der Waals surface area contributed by atoms with Crippen LogP contribution in [0, 0.1) is 0 Å². The fourth-order valence-corrected chi connectivity index (χ4v) is 5.87. The maximum Gasteiger partial charge on any atom is 0.251 e. The maximum atomic E-state index is 12.5. The second-order valence-electron chi connectivity index (χ2n) is 10.4. The van der Waals surface area contributed by atoms with Crippen LogP contribution >= 0.6 is 11.6 Å². The Balaban J connectivity index is 2.22. The Morgan fingerprint density at radius 3 is 2.00 bits per heavy atom. The molecule has 0 fully saturated rings. The lowest BCUT2D eigenvalue weighted by molar-refractivity contribution is 0.00712. The number of halogens is 1. The van der Waals surface area contributed by atoms with Gasteiger partial charge in [0.15, 0.2) is 0 Å². The summed E-state index contributed by atoms with van der Waals surface area (Å²) < 4.78 is 26.9. The largest absolute Gasteiger partial charge is 0.392 e. The van der Waals surface area contributed by atoms with Crippen LogP contribution in [0.2, 0.25) is 0 Å². The lowest BCUT2D eigenvalue weighted by Gasteiger charge is -2.17. The van der Waals surface area contributed by atoms with Gasteiger partial charge in [-0.2, -0.15) is 0 Å². The van der Waals surface area contributed by atoms with Gasteiger partial charge in [-0.15, -0.1) is 11.6 Å². The first-order valence-electron chi connectivity index (χ1n) is 14.7. The standard InChI is InChI=1S/C29H51ClN2O6S/c1-2-3-4-5-8-11-15-27(34)28(35)16-12-9-6-7-10-13-20-31-29(36)24-17-18-25(23-33)26(22-24)32-39(37,38)21-14-19-30/h17-18,22,27-28,32-35H,2-16,19-21,23H2,1H3,(H,31,36). The van der Waals surface area contributed by atoms with Gasteiger partial charge >= 0.3 is 0 Å². The van der Waals surface area contributed by atoms with Crippen molar-refractivity contribution in [3.8, 4) is 0 Å². The zero-order valence-corrected chi connectivity index (χ0v) is 25.2. The molecule has 0 saturated carbocycles. The highest BCUT2D eigenvalue weighted by molar-refractivity contribution is 7.92. The van der Waals surface area contributed by atoms with Crippen molar-refractivity contribution in [3.63, 3.8) is 0 Å². The summed E-state index contributed by atoms with van der Waals surface area (Å²) in [5, 5.41) is 32.7. The van der Waals surface area contributed by atoms with Crippen LogP contribution < -0.4 is 10.0 Å². The van der Waals surface area contributed by atoms with Crippen LogP contribution in [0.5, 0.6) is 0 Å². The predicted octanol–water partition coefficient (Wildman–Crippen LogP) is 5.48. The number of aliphatic hydroxyl groups excluding tert-OH is 3. The van der Waals surface area contributed by atoms with E-state index in [2.05, 4.69) is 17.0 Å². The third kappa shape index (κ3) is 16.5. The summed E-state index contributed by atoms with van der Waals surface area (Å²) >= 11 is 5.59. The summed E-state index contributed by atoms with van der Waals surface area (Å²) in [5.41, 5.74) is 0.903. The van der Waals surface area contributed by atoms with Gasteiger partial charge in [-0.3, -0.25) is 9.52 Å². The number of alkyl halides is 1. The van der Waals surface area contributed by atoms with E-state index in [1.165, 1.54) is 31.7 Å². The molecule has 39 heavy (non-hydrogen) atoms. The molecule has 5 N–H and O–H groups in total. The number of amides is 1. The molecule has 0 heterocycles. The van der Waals surface area contributed by atoms with Crippen molar-refractivity contribution >= 4 is 33.2 Å². The van der Waals surface area contributed by atoms with E-state index < -0.39 is 22.2 Å². The lowest BCUT2D eigenvalue weighted by Crippen LogP contribution is -2.25. The highest BCUT2D eigenvalue weighted by Gasteiger charge is 2.16. The monoisotopic (exact) mass is 590 g/mol. The van der Waals surface area contributed by atoms with Crippen molar-refractivity contribution < 1.29 is 28.5 Å². The van der Waals surface area contributed by atoms with Crippen LogP contribution in [0.3, 0.4) is 0 Å². The van der Waals surface area contributed by atoms with Gasteiger partial charge in [0.25, 0.3) is 5.91 Å². The van der Waals surface area contributed by atoms with Crippen LogP contribution in [-0.4, -0.2) is 60.0 Å². The molecule has 8 nitrogen and oxygen atoms in total. The SMILES string of the molecule is CCCCCCCCC(O)C(O)CCCCCCCCNC(=O)c1ccc(CO)c(NS(=O)(=O)CCCCl)c1. The normalized spacial score (nSPS) is 13.3. The van der Waals surface area contributed by atoms with E-state index in [4.69, 9.17) is 11.6 Å². The fourth-order valence-electron chi connectivity index (χ4n) is 4.42. The van der Waals surface area contributed by atoms with E-state index >= 15 is 0 Å². The molecule has 0 spiro atoms. The molecular weight excluding hydrogens is 540 g/mol. The van der Waals surface area contributed by atoms with E-state index in [1.807, 2.05) is 0 Å². The third-order valence-corrected chi connectivity index (χ3v) is 8.49. The minimum absolute atomic E-state index is 0.139. The number of hydrogen-bond acceptors (Lipinski definition) is 6. The number of nitrogens with one attached hydrogen (secondary N) is 2. The number of benzene rings is 1. The van der Waals surface area contributed by atoms with Gasteiger partial charge < -0.3 is 20.6 Å². The summed E-state index contributed by atoms with van der Waals surface area (Å²) in [4.78, 5) is 12.5. The molecule has 0 aliphatic heterocycles. The number of sulfonamides is 1. The Kier molecular flexibility index (Phi) is 19.5. The molecule has 226 valence electrons. The molecule has 10 heteroatoms. The van der Waals surface area contributed by atoms with E-state index in [9.17, 15) is 28.5 Å². The number of carbonyl (C=O) groups is 1. The second-order valence-corrected chi connectivity index (χ2v) is 12.6. The molecule has 1 rings (SSSR count). The average molecular weight is 591 g/mol. The van der Waals surface area contributed by atoms with Gasteiger partial charge in [-0.25, -0.2) is 8.42 Å². The second kappa shape index (κ2) is 21.4. The predicted molar refractivity (Wildman–Crippen MR) is 160 cm³/mol. The summed E-state index contributed by atoms with van der Waals surface area (Å²) in [6.45, 7) is 2.36. The highest BCUT2D eigenvalue weighted by atomic mass is 35.5. The number of hydrogen-bond donors (Lipinski definition) is 5. The Morgan fingerprint density at radius 1 is 0.872 bits per heavy atom. The van der Waals surface area contributed by atoms with Crippen LogP contribution in [0.1, 0.15) is 119 Å². The molecule has 0 bridgehead atoms. The summed E-state index contributed by atoms with van der Waals surface area (Å²) in [7, 11) is -3.63. The van der Waals surface area contributed by atoms with Crippen molar-refractivity contribution in [2.24, 2.45) is 0 Å². The number of unbranched alkanes of at least 4 members (excludes halogenated alkanes) is 10. The molecule has 0 aliphatic rings. The molecule has 0 aromatic heterocycles. The highest BCUT2D eigenvalue weighted by Crippen LogP contribution is 2.20. The minimum Gasteiger partial charge on any atom is -0.392 e. The molecule has 0 aliphatic carbocycles. The van der Waals surface area contributed by atoms with E-state index in [1.54, 1.807) is 12.1 Å². The van der Waals surface area contributed by atoms with Crippen LogP contribution in [0.4, 0.5) is 5.69 Å². The zero-order chi connectivity index (χ0) is 28.9. The molecule has 0 radical (unpaired) electrons. The van der Waals surface area contributed by atoms with Gasteiger partial charge in [-0.1, -0.05) is 83.6 Å². The first-order chi connectivity index (χ1) is 18.7. The number of carbonyl (C=O) groups excluding carboxylic acids is 1. The molecule has 1 amide bonds. The maximum absolute atomic E-state index is 12.5. The van der Waals surface area contributed by atoms with Crippen molar-refractivity contribution in [2.75, 3.05) is 22.9 Å². The first kappa shape index (κ1) is 35.6. The lowest BCUT2D eigenvalue weighted by atomic mass is 9.99. The molecule has 1 aromatic carbocycles. The summed E-state index contributed by atoms with van der Waals surface area (Å²) in [5.74, 6) is -0.211. The van der Waals surface area contributed by atoms with Crippen molar-refractivity contribution in [1.29, 1.82) is 0 Å². The van der Waals surface area contributed by atoms with Gasteiger partial charge in [0, 0.05) is 23.6 Å². The van der Waals surface area contributed by atoms with Crippen molar-refractivity contribution in [3.05, 3.63) is 29.3 Å². The first-order valence-corrected chi connectivity index (χ1v) is 16.9. The van der Waals surface area contributed by atoms with E-state index in [-0.39, 0.29) is 29.8 Å². The molecular formula is C29H51ClN2O6S. The number of rotatable bonds is 24. The summed E-state index contributed by atoms with van der Waals surface area (Å²) in [6.07, 6.45) is 13.2. The Labute approximate surface area is 241 Å². The number of aliphatic hydroxyl groups is 3. The van der Waals surface area contributed by atoms with Gasteiger partial charge in [0.05, 0.1) is 30.3 Å². The van der Waals surface area contributed by atoms with Gasteiger partial charge in [0.2, 0.25) is 10.0 Å². The Hall–Kier alpha value is -1.39. The van der Waals surface area contributed by atoms with Gasteiger partial charge in [0.1, 0.15) is 0 Å². The third-order valence-electron chi connectivity index (χ3n) is 6.86. The van der Waals surface area contributed by atoms with Crippen LogP contribution in [-0.2, 0) is 16.6 Å². The van der Waals surface area contributed by atoms with Crippen LogP contribution in [0.15, 0.2) is 18.2 Å². The van der Waals surface area contributed by atoms with Crippen molar-refractivity contribution in [2.45, 2.75) is 122 Å². The minimum atomic E-state index is -3.63. The Morgan fingerprint density at radius 2 is 1.44 bits per heavy atom. The quantitative estimate of drug-likeness (QED) is 0.0798. The smallest absolute Gasteiger partial charge is 0.251 e. The van der Waals surface area contributed by atoms with Gasteiger partial charge in [-0.05, 0) is 37.8 Å². The average Bonchev–Trinajstić information content (AvgIpc) is 2.92. The molecule has 0 saturated heterocycles. The van der Waals surface area contributed by atoms with E-state index in [0.717, 1.165) is 51.4 Å². The molecule has 1 aromatic rings. The number of anilines is 1. The topological polar surface area (TPSA) is 136 Å². The molecule has 2 atom stereocenters. The Bertz CT molecular complexity index is 900. The van der Waals surface area contributed by atoms with Crippen molar-refractivity contribution in [1.82, 2.24) is 5.32 Å². The molecule has 2 unspecified atom stereocenters. The van der Waals surface area contributed by atoms with Crippen LogP contribution in [0.25, 0.3) is 0 Å².